The first-order valence-electron chi connectivity index (χ1n) is 9.47. The molecule has 0 aliphatic heterocycles. The number of hydrogen-bond acceptors (Lipinski definition) is 5. The molecule has 2 rings (SSSR count). The zero-order valence-corrected chi connectivity index (χ0v) is 18.2. The minimum Gasteiger partial charge on any atom is -0.464 e. The lowest BCUT2D eigenvalue weighted by molar-refractivity contribution is -0.144. The van der Waals surface area contributed by atoms with E-state index in [1.54, 1.807) is 37.3 Å². The Bertz CT molecular complexity index is 961. The second-order valence-corrected chi connectivity index (χ2v) is 12.4. The lowest BCUT2D eigenvalue weighted by Gasteiger charge is -2.20. The molecule has 0 fully saturated rings. The molecule has 1 atom stereocenters. The maximum Gasteiger partial charge on any atom is 0.333 e. The number of nitrogens with zero attached hydrogens (tertiary/aromatic N) is 1. The first-order chi connectivity index (χ1) is 13.8. The van der Waals surface area contributed by atoms with E-state index in [0.29, 0.717) is 22.4 Å². The van der Waals surface area contributed by atoms with Gasteiger partial charge < -0.3 is 15.2 Å². The Labute approximate surface area is 173 Å². The number of benzene rings is 2. The van der Waals surface area contributed by atoms with E-state index in [1.807, 2.05) is 12.1 Å². The topological polar surface area (TPSA) is 82.3 Å². The van der Waals surface area contributed by atoms with Crippen LogP contribution in [-0.2, 0) is 16.1 Å². The second-order valence-electron chi connectivity index (χ2n) is 7.64. The molecule has 0 heterocycles. The van der Waals surface area contributed by atoms with Gasteiger partial charge in [-0.25, -0.2) is 4.79 Å². The summed E-state index contributed by atoms with van der Waals surface area (Å²) in [4.78, 5) is 12.7. The van der Waals surface area contributed by atoms with Gasteiger partial charge in [-0.3, -0.25) is 0 Å². The summed E-state index contributed by atoms with van der Waals surface area (Å²) in [5.74, 6) is 2.77. The summed E-state index contributed by atoms with van der Waals surface area (Å²) in [5.41, 5.74) is 6.63. The van der Waals surface area contributed by atoms with Crippen molar-refractivity contribution < 1.29 is 14.6 Å². The molecule has 0 radical (unpaired) electrons. The summed E-state index contributed by atoms with van der Waals surface area (Å²) in [6, 6.07) is 13.6. The molecular formula is C23H26N2O3Si. The van der Waals surface area contributed by atoms with Crippen molar-refractivity contribution >= 4 is 19.7 Å². The van der Waals surface area contributed by atoms with Gasteiger partial charge in [-0.2, -0.15) is 5.26 Å². The Morgan fingerprint density at radius 3 is 2.41 bits per heavy atom. The standard InChI is InChI=1S/C23H26N2O3Si/c1-5-28-23(27)22(25-21-8-6-17(15-24)7-9-21)20-13-18(10-11-29(2,3)4)12-19(14-20)16-26/h6-9,12-14,22,25-26H,5,16H2,1-4H3. The van der Waals surface area contributed by atoms with Crippen LogP contribution in [-0.4, -0.2) is 25.8 Å². The fourth-order valence-corrected chi connectivity index (χ4v) is 3.14. The van der Waals surface area contributed by atoms with Crippen molar-refractivity contribution in [2.24, 2.45) is 0 Å². The average molecular weight is 407 g/mol. The molecule has 0 bridgehead atoms. The van der Waals surface area contributed by atoms with Gasteiger partial charge in [0.25, 0.3) is 0 Å². The van der Waals surface area contributed by atoms with E-state index in [0.717, 1.165) is 5.56 Å². The summed E-state index contributed by atoms with van der Waals surface area (Å²) < 4.78 is 5.26. The number of carbonyl (C=O) groups is 1. The first-order valence-corrected chi connectivity index (χ1v) is 13.0. The predicted molar refractivity (Wildman–Crippen MR) is 117 cm³/mol. The summed E-state index contributed by atoms with van der Waals surface area (Å²) >= 11 is 0. The van der Waals surface area contributed by atoms with Crippen LogP contribution in [0.2, 0.25) is 19.6 Å². The molecular weight excluding hydrogens is 380 g/mol. The number of hydrogen-bond donors (Lipinski definition) is 2. The Morgan fingerprint density at radius 2 is 1.86 bits per heavy atom. The highest BCUT2D eigenvalue weighted by atomic mass is 28.3. The van der Waals surface area contributed by atoms with E-state index >= 15 is 0 Å². The molecule has 0 aliphatic rings. The largest absolute Gasteiger partial charge is 0.464 e. The van der Waals surface area contributed by atoms with Gasteiger partial charge in [-0.05, 0) is 54.4 Å². The lowest BCUT2D eigenvalue weighted by Crippen LogP contribution is -2.23. The van der Waals surface area contributed by atoms with Gasteiger partial charge >= 0.3 is 5.97 Å². The normalized spacial score (nSPS) is 11.6. The van der Waals surface area contributed by atoms with Crippen LogP contribution in [0, 0.1) is 22.8 Å². The third kappa shape index (κ3) is 6.80. The van der Waals surface area contributed by atoms with Crippen molar-refractivity contribution in [3.05, 3.63) is 64.7 Å². The van der Waals surface area contributed by atoms with Crippen molar-refractivity contribution in [2.45, 2.75) is 39.2 Å². The van der Waals surface area contributed by atoms with Gasteiger partial charge in [0, 0.05) is 11.3 Å². The van der Waals surface area contributed by atoms with Crippen LogP contribution < -0.4 is 5.32 Å². The van der Waals surface area contributed by atoms with E-state index in [1.165, 1.54) is 0 Å². The minimum atomic E-state index is -1.57. The van der Waals surface area contributed by atoms with Crippen LogP contribution >= 0.6 is 0 Å². The number of anilines is 1. The van der Waals surface area contributed by atoms with Crippen molar-refractivity contribution in [3.63, 3.8) is 0 Å². The molecule has 0 spiro atoms. The predicted octanol–water partition coefficient (Wildman–Crippen LogP) is 4.00. The summed E-state index contributed by atoms with van der Waals surface area (Å²) in [6.45, 7) is 8.33. The van der Waals surface area contributed by atoms with Gasteiger partial charge in [0.15, 0.2) is 6.04 Å². The monoisotopic (exact) mass is 406 g/mol. The third-order valence-corrected chi connectivity index (χ3v) is 4.84. The van der Waals surface area contributed by atoms with E-state index in [-0.39, 0.29) is 13.2 Å². The molecule has 2 N–H and O–H groups in total. The molecule has 29 heavy (non-hydrogen) atoms. The minimum absolute atomic E-state index is 0.151. The Balaban J connectivity index is 2.46. The van der Waals surface area contributed by atoms with Crippen LogP contribution in [0.1, 0.15) is 35.2 Å². The van der Waals surface area contributed by atoms with Crippen LogP contribution in [0.3, 0.4) is 0 Å². The van der Waals surface area contributed by atoms with E-state index in [2.05, 4.69) is 42.5 Å². The van der Waals surface area contributed by atoms with Crippen LogP contribution in [0.25, 0.3) is 0 Å². The van der Waals surface area contributed by atoms with Crippen molar-refractivity contribution in [1.82, 2.24) is 0 Å². The zero-order chi connectivity index (χ0) is 21.4. The molecule has 2 aromatic carbocycles. The number of ether oxygens (including phenoxy) is 1. The van der Waals surface area contributed by atoms with Crippen molar-refractivity contribution in [2.75, 3.05) is 11.9 Å². The molecule has 1 unspecified atom stereocenters. The average Bonchev–Trinajstić information content (AvgIpc) is 2.70. The van der Waals surface area contributed by atoms with Gasteiger partial charge in [0.2, 0.25) is 0 Å². The maximum absolute atomic E-state index is 12.7. The number of rotatable bonds is 6. The fraction of sp³-hybridized carbons (Fsp3) is 0.304. The van der Waals surface area contributed by atoms with Gasteiger partial charge in [-0.15, -0.1) is 5.54 Å². The Kier molecular flexibility index (Phi) is 7.61. The van der Waals surface area contributed by atoms with Crippen molar-refractivity contribution in [1.29, 1.82) is 5.26 Å². The van der Waals surface area contributed by atoms with Gasteiger partial charge in [0.05, 0.1) is 24.8 Å². The van der Waals surface area contributed by atoms with Crippen LogP contribution in [0.15, 0.2) is 42.5 Å². The molecule has 0 aromatic heterocycles. The van der Waals surface area contributed by atoms with Crippen LogP contribution in [0.4, 0.5) is 5.69 Å². The molecule has 0 aliphatic carbocycles. The number of aliphatic hydroxyl groups excluding tert-OH is 1. The second kappa shape index (κ2) is 9.93. The fourth-order valence-electron chi connectivity index (χ4n) is 2.62. The van der Waals surface area contributed by atoms with Crippen LogP contribution in [0.5, 0.6) is 0 Å². The molecule has 0 amide bonds. The molecule has 6 heteroatoms. The number of carbonyl (C=O) groups excluding carboxylic acids is 1. The number of nitriles is 1. The quantitative estimate of drug-likeness (QED) is 0.430. The Hall–Kier alpha value is -3.06. The maximum atomic E-state index is 12.7. The SMILES string of the molecule is CCOC(=O)C(Nc1ccc(C#N)cc1)c1cc(C#C[Si](C)(C)C)cc(CO)c1. The number of aliphatic hydroxyl groups is 1. The number of esters is 1. The highest BCUT2D eigenvalue weighted by Crippen LogP contribution is 2.24. The van der Waals surface area contributed by atoms with E-state index in [4.69, 9.17) is 10.00 Å². The summed E-state index contributed by atoms with van der Waals surface area (Å²) in [5, 5.41) is 21.8. The van der Waals surface area contributed by atoms with Crippen molar-refractivity contribution in [3.8, 4) is 17.5 Å². The number of nitrogens with one attached hydrogen (secondary N) is 1. The van der Waals surface area contributed by atoms with E-state index < -0.39 is 20.1 Å². The highest BCUT2D eigenvalue weighted by Gasteiger charge is 2.23. The molecule has 5 nitrogen and oxygen atoms in total. The summed E-state index contributed by atoms with van der Waals surface area (Å²) in [7, 11) is -1.57. The Morgan fingerprint density at radius 1 is 1.17 bits per heavy atom. The summed E-state index contributed by atoms with van der Waals surface area (Å²) in [6.07, 6.45) is 0. The van der Waals surface area contributed by atoms with Gasteiger partial charge in [0.1, 0.15) is 8.07 Å². The third-order valence-electron chi connectivity index (χ3n) is 3.96. The first kappa shape index (κ1) is 22.2. The molecule has 0 saturated carbocycles. The molecule has 150 valence electrons. The zero-order valence-electron chi connectivity index (χ0n) is 17.2. The van der Waals surface area contributed by atoms with E-state index in [9.17, 15) is 9.90 Å². The lowest BCUT2D eigenvalue weighted by atomic mass is 10.00. The highest BCUT2D eigenvalue weighted by molar-refractivity contribution is 6.83. The smallest absolute Gasteiger partial charge is 0.333 e. The van der Waals surface area contributed by atoms with Gasteiger partial charge in [-0.1, -0.05) is 31.6 Å². The molecule has 2 aromatic rings. The molecule has 0 saturated heterocycles.